The molecule has 1 aromatic carbocycles. The van der Waals surface area contributed by atoms with Crippen molar-refractivity contribution < 1.29 is 0 Å². The molecule has 0 amide bonds. The Bertz CT molecular complexity index is 838. The topological polar surface area (TPSA) is 51.0 Å². The molecule has 23 heavy (non-hydrogen) atoms. The highest BCUT2D eigenvalue weighted by molar-refractivity contribution is 7.80. The van der Waals surface area contributed by atoms with Crippen molar-refractivity contribution >= 4 is 33.9 Å². The summed E-state index contributed by atoms with van der Waals surface area (Å²) < 4.78 is 3.64. The summed E-state index contributed by atoms with van der Waals surface area (Å²) in [5, 5.41) is 7.72. The van der Waals surface area contributed by atoms with E-state index < -0.39 is 0 Å². The average molecular weight is 330 g/mol. The summed E-state index contributed by atoms with van der Waals surface area (Å²) in [6.07, 6.45) is 4.46. The molecule has 0 atom stereocenters. The molecule has 2 N–H and O–H groups in total. The third kappa shape index (κ3) is 3.47. The summed E-state index contributed by atoms with van der Waals surface area (Å²) in [6.45, 7) is 4.80. The summed E-state index contributed by atoms with van der Waals surface area (Å²) in [5.41, 5.74) is 3.01. The van der Waals surface area contributed by atoms with E-state index in [4.69, 9.17) is 12.2 Å². The lowest BCUT2D eigenvalue weighted by atomic mass is 10.2. The number of rotatable bonds is 4. The first kappa shape index (κ1) is 15.8. The number of anilines is 1. The van der Waals surface area contributed by atoms with Crippen LogP contribution in [0.3, 0.4) is 0 Å². The van der Waals surface area contributed by atoms with Crippen molar-refractivity contribution in [2.75, 3.05) is 5.32 Å². The minimum atomic E-state index is 0.00637. The summed E-state index contributed by atoms with van der Waals surface area (Å²) in [6, 6.07) is 6.31. The second-order valence-electron chi connectivity index (χ2n) is 6.30. The number of hydrogen-bond acceptors (Lipinski definition) is 2. The minimum Gasteiger partial charge on any atom is -0.360 e. The Morgan fingerprint density at radius 1 is 1.39 bits per heavy atom. The fraction of sp³-hybridized carbons (Fsp3) is 0.412. The lowest BCUT2D eigenvalue weighted by Gasteiger charge is -2.10. The minimum absolute atomic E-state index is 0.00637. The van der Waals surface area contributed by atoms with E-state index in [9.17, 15) is 4.79 Å². The van der Waals surface area contributed by atoms with E-state index in [0.29, 0.717) is 23.1 Å². The van der Waals surface area contributed by atoms with Crippen molar-refractivity contribution in [1.29, 1.82) is 0 Å². The van der Waals surface area contributed by atoms with E-state index in [1.54, 1.807) is 11.7 Å². The maximum atomic E-state index is 12.5. The number of aromatic nitrogens is 2. The van der Waals surface area contributed by atoms with E-state index in [1.165, 1.54) is 18.4 Å². The van der Waals surface area contributed by atoms with E-state index in [-0.39, 0.29) is 5.56 Å². The molecule has 3 rings (SSSR count). The van der Waals surface area contributed by atoms with Crippen LogP contribution in [-0.2, 0) is 13.6 Å². The predicted octanol–water partition coefficient (Wildman–Crippen LogP) is 2.76. The molecule has 1 aliphatic rings. The van der Waals surface area contributed by atoms with Crippen LogP contribution in [0, 0.1) is 0 Å². The first-order valence-corrected chi connectivity index (χ1v) is 8.27. The Balaban J connectivity index is 1.90. The molecule has 1 saturated carbocycles. The van der Waals surface area contributed by atoms with Gasteiger partial charge in [-0.2, -0.15) is 0 Å². The van der Waals surface area contributed by atoms with Gasteiger partial charge in [0.05, 0.1) is 17.4 Å². The summed E-state index contributed by atoms with van der Waals surface area (Å²) in [4.78, 5) is 12.5. The molecule has 0 radical (unpaired) electrons. The fourth-order valence-electron chi connectivity index (χ4n) is 2.53. The van der Waals surface area contributed by atoms with Crippen molar-refractivity contribution in [3.8, 4) is 0 Å². The van der Waals surface area contributed by atoms with Crippen molar-refractivity contribution in [2.45, 2.75) is 39.3 Å². The third-order valence-corrected chi connectivity index (χ3v) is 4.22. The Morgan fingerprint density at radius 3 is 2.78 bits per heavy atom. The number of nitrogens with zero attached hydrogens (tertiary/aromatic N) is 2. The largest absolute Gasteiger partial charge is 0.360 e. The van der Waals surface area contributed by atoms with Gasteiger partial charge in [-0.05, 0) is 57.1 Å². The first-order valence-electron chi connectivity index (χ1n) is 7.86. The molecule has 5 nitrogen and oxygen atoms in total. The second-order valence-corrected chi connectivity index (χ2v) is 6.71. The predicted molar refractivity (Wildman–Crippen MR) is 99.0 cm³/mol. The number of thiocarbonyl (C=S) groups is 1. The van der Waals surface area contributed by atoms with Gasteiger partial charge in [-0.15, -0.1) is 0 Å². The molecule has 0 spiro atoms. The molecule has 0 saturated heterocycles. The summed E-state index contributed by atoms with van der Waals surface area (Å²) in [5.74, 6) is 0. The van der Waals surface area contributed by atoms with Gasteiger partial charge in [0.1, 0.15) is 0 Å². The molecular weight excluding hydrogens is 308 g/mol. The Hall–Kier alpha value is -2.08. The quantitative estimate of drug-likeness (QED) is 0.668. The van der Waals surface area contributed by atoms with Crippen LogP contribution < -0.4 is 16.2 Å². The highest BCUT2D eigenvalue weighted by Gasteiger charge is 2.21. The fourth-order valence-corrected chi connectivity index (χ4v) is 2.81. The zero-order valence-electron chi connectivity index (χ0n) is 13.7. The normalized spacial score (nSPS) is 13.9. The third-order valence-electron chi connectivity index (χ3n) is 4.00. The average Bonchev–Trinajstić information content (AvgIpc) is 3.26. The van der Waals surface area contributed by atoms with E-state index >= 15 is 0 Å². The number of fused-ring (bicyclic) bond motifs is 1. The molecule has 0 bridgehead atoms. The van der Waals surface area contributed by atoms with Crippen molar-refractivity contribution in [2.24, 2.45) is 7.05 Å². The van der Waals surface area contributed by atoms with Gasteiger partial charge >= 0.3 is 0 Å². The lowest BCUT2D eigenvalue weighted by Crippen LogP contribution is -2.30. The molecular formula is C17H22N4OS. The number of benzene rings is 1. The van der Waals surface area contributed by atoms with Gasteiger partial charge in [0.25, 0.3) is 5.56 Å². The summed E-state index contributed by atoms with van der Waals surface area (Å²) in [7, 11) is 1.80. The van der Waals surface area contributed by atoms with Crippen LogP contribution in [0.15, 0.2) is 34.6 Å². The monoisotopic (exact) mass is 330 g/mol. The van der Waals surface area contributed by atoms with Crippen LogP contribution in [0.5, 0.6) is 0 Å². The molecule has 0 unspecified atom stereocenters. The van der Waals surface area contributed by atoms with Crippen molar-refractivity contribution in [1.82, 2.24) is 14.7 Å². The zero-order chi connectivity index (χ0) is 16.6. The Labute approximate surface area is 141 Å². The zero-order valence-corrected chi connectivity index (χ0v) is 14.5. The van der Waals surface area contributed by atoms with Crippen molar-refractivity contribution in [3.63, 3.8) is 0 Å². The second kappa shape index (κ2) is 6.20. The van der Waals surface area contributed by atoms with Crippen molar-refractivity contribution in [3.05, 3.63) is 40.2 Å². The van der Waals surface area contributed by atoms with Gasteiger partial charge in [-0.3, -0.25) is 14.2 Å². The van der Waals surface area contributed by atoms with Crippen LogP contribution in [0.2, 0.25) is 0 Å². The molecule has 122 valence electrons. The highest BCUT2D eigenvalue weighted by atomic mass is 32.1. The van der Waals surface area contributed by atoms with Gasteiger partial charge in [-0.1, -0.05) is 11.6 Å². The maximum absolute atomic E-state index is 12.5. The van der Waals surface area contributed by atoms with Crippen LogP contribution in [0.1, 0.15) is 26.7 Å². The Morgan fingerprint density at radius 2 is 2.13 bits per heavy atom. The molecule has 6 heteroatoms. The standard InChI is InChI=1S/C17H22N4OS/c1-11(2)8-9-21-15-7-6-13(10-14(15)16(22)20(21)3)19-17(23)18-12-4-5-12/h6-8,10,12H,4-5,9H2,1-3H3,(H2,18,19,23). The van der Waals surface area contributed by atoms with Gasteiger partial charge < -0.3 is 10.6 Å². The SMILES string of the molecule is CC(C)=CCn1c2ccc(NC(=S)NC3CC3)cc2c(=O)n1C. The van der Waals surface area contributed by atoms with Gasteiger partial charge in [0.15, 0.2) is 5.11 Å². The molecule has 1 fully saturated rings. The number of hydrogen-bond donors (Lipinski definition) is 2. The van der Waals surface area contributed by atoms with Crippen LogP contribution in [-0.4, -0.2) is 20.5 Å². The van der Waals surface area contributed by atoms with Gasteiger partial charge in [0, 0.05) is 18.8 Å². The molecule has 2 aromatic rings. The Kier molecular flexibility index (Phi) is 4.26. The van der Waals surface area contributed by atoms with E-state index in [2.05, 4.69) is 30.6 Å². The van der Waals surface area contributed by atoms with E-state index in [0.717, 1.165) is 11.2 Å². The molecule has 1 heterocycles. The number of allylic oxidation sites excluding steroid dienone is 2. The lowest BCUT2D eigenvalue weighted by molar-refractivity contribution is 0.560. The molecule has 1 aliphatic carbocycles. The molecule has 1 aromatic heterocycles. The van der Waals surface area contributed by atoms with E-state index in [1.807, 2.05) is 22.9 Å². The van der Waals surface area contributed by atoms with Crippen LogP contribution >= 0.6 is 12.2 Å². The number of nitrogens with one attached hydrogen (secondary N) is 2. The highest BCUT2D eigenvalue weighted by Crippen LogP contribution is 2.20. The molecule has 0 aliphatic heterocycles. The van der Waals surface area contributed by atoms with Gasteiger partial charge in [0.2, 0.25) is 0 Å². The van der Waals surface area contributed by atoms with Gasteiger partial charge in [-0.25, -0.2) is 0 Å². The first-order chi connectivity index (χ1) is 11.0. The smallest absolute Gasteiger partial charge is 0.274 e. The maximum Gasteiger partial charge on any atom is 0.274 e. The van der Waals surface area contributed by atoms with Crippen LogP contribution in [0.25, 0.3) is 10.9 Å². The van der Waals surface area contributed by atoms with Crippen LogP contribution in [0.4, 0.5) is 5.69 Å². The summed E-state index contributed by atoms with van der Waals surface area (Å²) >= 11 is 5.29.